The van der Waals surface area contributed by atoms with E-state index in [9.17, 15) is 25.2 Å². The Morgan fingerprint density at radius 2 is 1.59 bits per heavy atom. The minimum atomic E-state index is -1.68. The summed E-state index contributed by atoms with van der Waals surface area (Å²) in [5.74, 6) is -0.408. The van der Waals surface area contributed by atoms with Crippen LogP contribution in [-0.2, 0) is 4.79 Å². The van der Waals surface area contributed by atoms with Crippen molar-refractivity contribution >= 4 is 5.91 Å². The van der Waals surface area contributed by atoms with Gasteiger partial charge >= 0.3 is 0 Å². The maximum atomic E-state index is 11.8. The van der Waals surface area contributed by atoms with Gasteiger partial charge in [-0.05, 0) is 6.42 Å². The van der Waals surface area contributed by atoms with Crippen LogP contribution in [0.3, 0.4) is 0 Å². The predicted molar refractivity (Wildman–Crippen MR) is 82.0 cm³/mol. The lowest BCUT2D eigenvalue weighted by atomic mass is 10.0. The molecule has 0 heterocycles. The summed E-state index contributed by atoms with van der Waals surface area (Å²) in [5.41, 5.74) is 0. The number of amides is 1. The number of aliphatic hydroxyl groups excluding tert-OH is 5. The fraction of sp³-hybridized carbons (Fsp3) is 0.933. The molecule has 7 heteroatoms. The molecule has 0 spiro atoms. The Balaban J connectivity index is 4.06. The Morgan fingerprint density at radius 1 is 1.00 bits per heavy atom. The molecule has 7 nitrogen and oxygen atoms in total. The Bertz CT molecular complexity index is 302. The van der Waals surface area contributed by atoms with E-state index in [1.165, 1.54) is 0 Å². The molecule has 1 unspecified atom stereocenters. The summed E-state index contributed by atoms with van der Waals surface area (Å²) in [6.07, 6.45) is -1.21. The average molecular weight is 321 g/mol. The molecule has 0 aromatic rings. The summed E-state index contributed by atoms with van der Waals surface area (Å²) in [5, 5.41) is 49.2. The third-order valence-corrected chi connectivity index (χ3v) is 3.75. The van der Waals surface area contributed by atoms with E-state index in [2.05, 4.69) is 12.2 Å². The van der Waals surface area contributed by atoms with Crippen molar-refractivity contribution in [3.05, 3.63) is 0 Å². The van der Waals surface area contributed by atoms with Gasteiger partial charge in [-0.25, -0.2) is 0 Å². The van der Waals surface area contributed by atoms with Crippen molar-refractivity contribution in [1.82, 2.24) is 5.32 Å². The van der Waals surface area contributed by atoms with Crippen LogP contribution in [0.4, 0.5) is 0 Å². The first kappa shape index (κ1) is 21.3. The third-order valence-electron chi connectivity index (χ3n) is 3.75. The molecule has 0 fully saturated rings. The average Bonchev–Trinajstić information content (AvgIpc) is 2.53. The number of rotatable bonds is 12. The number of hydrogen-bond acceptors (Lipinski definition) is 6. The fourth-order valence-electron chi connectivity index (χ4n) is 2.07. The highest BCUT2D eigenvalue weighted by molar-refractivity contribution is 5.78. The van der Waals surface area contributed by atoms with Crippen molar-refractivity contribution in [1.29, 1.82) is 0 Å². The fourth-order valence-corrected chi connectivity index (χ4v) is 2.07. The summed E-state index contributed by atoms with van der Waals surface area (Å²) in [6, 6.07) is 0. The predicted octanol–water partition coefficient (Wildman–Crippen LogP) is -0.855. The van der Waals surface area contributed by atoms with Gasteiger partial charge in [0.1, 0.15) is 18.3 Å². The highest BCUT2D eigenvalue weighted by atomic mass is 16.4. The molecule has 0 rings (SSSR count). The van der Waals surface area contributed by atoms with Crippen molar-refractivity contribution in [2.45, 2.75) is 70.4 Å². The second kappa shape index (κ2) is 11.8. The SMILES string of the molecule is CCCCCCC(C)C(=O)NC[C@H](O)[C@@H](O)[C@H](O)[C@H](O)CO. The normalized spacial score (nSPS) is 18.3. The van der Waals surface area contributed by atoms with E-state index >= 15 is 0 Å². The Morgan fingerprint density at radius 3 is 2.14 bits per heavy atom. The van der Waals surface area contributed by atoms with E-state index in [0.29, 0.717) is 0 Å². The van der Waals surface area contributed by atoms with E-state index in [4.69, 9.17) is 5.11 Å². The smallest absolute Gasteiger partial charge is 0.222 e. The summed E-state index contributed by atoms with van der Waals surface area (Å²) in [7, 11) is 0. The van der Waals surface area contributed by atoms with E-state index in [1.54, 1.807) is 6.92 Å². The van der Waals surface area contributed by atoms with Gasteiger partial charge in [0.15, 0.2) is 0 Å². The number of hydrogen-bond donors (Lipinski definition) is 6. The highest BCUT2D eigenvalue weighted by Gasteiger charge is 2.30. The van der Waals surface area contributed by atoms with Crippen LogP contribution in [0.25, 0.3) is 0 Å². The minimum absolute atomic E-state index is 0.186. The number of carbonyl (C=O) groups excluding carboxylic acids is 1. The summed E-state index contributed by atoms with van der Waals surface area (Å²) < 4.78 is 0. The third kappa shape index (κ3) is 8.05. The molecule has 132 valence electrons. The molecule has 0 bridgehead atoms. The van der Waals surface area contributed by atoms with Crippen LogP contribution in [-0.4, -0.2) is 69.0 Å². The van der Waals surface area contributed by atoms with Crippen LogP contribution < -0.4 is 5.32 Å². The van der Waals surface area contributed by atoms with Crippen molar-refractivity contribution in [2.24, 2.45) is 5.92 Å². The molecule has 0 aliphatic heterocycles. The molecule has 0 radical (unpaired) electrons. The second-order valence-electron chi connectivity index (χ2n) is 5.79. The minimum Gasteiger partial charge on any atom is -0.394 e. The molecule has 22 heavy (non-hydrogen) atoms. The van der Waals surface area contributed by atoms with Gasteiger partial charge in [0.05, 0.1) is 12.7 Å². The van der Waals surface area contributed by atoms with Crippen LogP contribution in [0, 0.1) is 5.92 Å². The molecule has 0 aromatic heterocycles. The van der Waals surface area contributed by atoms with Gasteiger partial charge in [-0.3, -0.25) is 4.79 Å². The first-order valence-corrected chi connectivity index (χ1v) is 7.95. The maximum Gasteiger partial charge on any atom is 0.222 e. The largest absolute Gasteiger partial charge is 0.394 e. The Labute approximate surface area is 132 Å². The standard InChI is InChI=1S/C15H31NO6/c1-3-4-5-6-7-10(2)15(22)16-8-11(18)13(20)14(21)12(19)9-17/h10-14,17-21H,3-9H2,1-2H3,(H,16,22)/t10?,11-,12+,13+,14+/m0/s1. The van der Waals surface area contributed by atoms with Gasteiger partial charge in [-0.1, -0.05) is 39.5 Å². The second-order valence-corrected chi connectivity index (χ2v) is 5.79. The quantitative estimate of drug-likeness (QED) is 0.260. The zero-order valence-electron chi connectivity index (χ0n) is 13.5. The van der Waals surface area contributed by atoms with Crippen LogP contribution in [0.15, 0.2) is 0 Å². The van der Waals surface area contributed by atoms with Crippen LogP contribution in [0.5, 0.6) is 0 Å². The lowest BCUT2D eigenvalue weighted by Gasteiger charge is -2.26. The molecular formula is C15H31NO6. The van der Waals surface area contributed by atoms with E-state index < -0.39 is 31.0 Å². The van der Waals surface area contributed by atoms with E-state index in [0.717, 1.165) is 32.1 Å². The van der Waals surface area contributed by atoms with Gasteiger partial charge in [-0.15, -0.1) is 0 Å². The van der Waals surface area contributed by atoms with Crippen molar-refractivity contribution in [2.75, 3.05) is 13.2 Å². The monoisotopic (exact) mass is 321 g/mol. The molecule has 5 atom stereocenters. The van der Waals surface area contributed by atoms with Gasteiger partial charge in [-0.2, -0.15) is 0 Å². The van der Waals surface area contributed by atoms with Crippen molar-refractivity contribution in [3.8, 4) is 0 Å². The van der Waals surface area contributed by atoms with E-state index in [-0.39, 0.29) is 18.4 Å². The zero-order valence-corrected chi connectivity index (χ0v) is 13.5. The lowest BCUT2D eigenvalue weighted by molar-refractivity contribution is -0.128. The lowest BCUT2D eigenvalue weighted by Crippen LogP contribution is -2.50. The number of carbonyl (C=O) groups is 1. The number of nitrogens with one attached hydrogen (secondary N) is 1. The topological polar surface area (TPSA) is 130 Å². The van der Waals surface area contributed by atoms with Crippen LogP contribution in [0.2, 0.25) is 0 Å². The van der Waals surface area contributed by atoms with Gasteiger partial charge in [0.25, 0.3) is 0 Å². The van der Waals surface area contributed by atoms with Crippen molar-refractivity contribution in [3.63, 3.8) is 0 Å². The zero-order chi connectivity index (χ0) is 17.1. The number of unbranched alkanes of at least 4 members (excludes halogenated alkanes) is 3. The maximum absolute atomic E-state index is 11.8. The molecular weight excluding hydrogens is 290 g/mol. The Kier molecular flexibility index (Phi) is 11.4. The van der Waals surface area contributed by atoms with Gasteiger partial charge < -0.3 is 30.8 Å². The molecule has 0 aromatic carbocycles. The van der Waals surface area contributed by atoms with E-state index in [1.807, 2.05) is 0 Å². The van der Waals surface area contributed by atoms with Crippen molar-refractivity contribution < 1.29 is 30.3 Å². The molecule has 0 aliphatic rings. The van der Waals surface area contributed by atoms with Crippen LogP contribution >= 0.6 is 0 Å². The molecule has 1 amide bonds. The highest BCUT2D eigenvalue weighted by Crippen LogP contribution is 2.11. The summed E-state index contributed by atoms with van der Waals surface area (Å²) in [4.78, 5) is 11.8. The van der Waals surface area contributed by atoms with Crippen LogP contribution in [0.1, 0.15) is 46.0 Å². The summed E-state index contributed by atoms with van der Waals surface area (Å²) in [6.45, 7) is 2.96. The molecule has 0 saturated carbocycles. The first-order valence-electron chi connectivity index (χ1n) is 7.95. The summed E-state index contributed by atoms with van der Waals surface area (Å²) >= 11 is 0. The molecule has 6 N–H and O–H groups in total. The molecule has 0 aliphatic carbocycles. The van der Waals surface area contributed by atoms with Gasteiger partial charge in [0.2, 0.25) is 5.91 Å². The number of aliphatic hydroxyl groups is 5. The first-order chi connectivity index (χ1) is 10.3. The van der Waals surface area contributed by atoms with Gasteiger partial charge in [0, 0.05) is 12.5 Å². The molecule has 0 saturated heterocycles. The Hall–Kier alpha value is -0.730.